The molecule has 0 heteroatoms. The van der Waals surface area contributed by atoms with E-state index < -0.39 is 0 Å². The van der Waals surface area contributed by atoms with E-state index in [4.69, 9.17) is 0 Å². The van der Waals surface area contributed by atoms with Gasteiger partial charge in [-0.2, -0.15) is 0 Å². The van der Waals surface area contributed by atoms with Crippen LogP contribution in [0.3, 0.4) is 0 Å². The lowest BCUT2D eigenvalue weighted by Crippen LogP contribution is -1.67. The van der Waals surface area contributed by atoms with E-state index in [9.17, 15) is 0 Å². The summed E-state index contributed by atoms with van der Waals surface area (Å²) < 4.78 is 0. The molecule has 1 radical (unpaired) electrons. The van der Waals surface area contributed by atoms with Crippen LogP contribution >= 0.6 is 0 Å². The maximum Gasteiger partial charge on any atom is -0.0169 e. The quantitative estimate of drug-likeness (QED) is 0.357. The smallest absolute Gasteiger partial charge is 0.0169 e. The average molecular weight is 205 g/mol. The molecule has 0 spiro atoms. The first-order chi connectivity index (χ1) is 7.41. The Morgan fingerprint density at radius 1 is 0.800 bits per heavy atom. The molecule has 0 aliphatic heterocycles. The monoisotopic (exact) mass is 205 g/mol. The van der Waals surface area contributed by atoms with Crippen molar-refractivity contribution in [3.05, 3.63) is 43.4 Å². The van der Waals surface area contributed by atoms with Gasteiger partial charge in [0.25, 0.3) is 0 Å². The molecular weight excluding hydrogens is 180 g/mol. The zero-order valence-electron chi connectivity index (χ0n) is 10.1. The summed E-state index contributed by atoms with van der Waals surface area (Å²) in [5.74, 6) is 0. The first kappa shape index (κ1) is 14.2. The van der Waals surface area contributed by atoms with Crippen LogP contribution in [-0.4, -0.2) is 0 Å². The van der Waals surface area contributed by atoms with Crippen LogP contribution in [0.1, 0.15) is 51.9 Å². The van der Waals surface area contributed by atoms with Crippen LogP contribution in [0.2, 0.25) is 0 Å². The van der Waals surface area contributed by atoms with E-state index in [1.807, 2.05) is 0 Å². The number of unbranched alkanes of at least 4 members (excludes halogenated alkanes) is 3. The Morgan fingerprint density at radius 2 is 1.33 bits per heavy atom. The lowest BCUT2D eigenvalue weighted by Gasteiger charge is -1.87. The largest absolute Gasteiger partial charge is 0.0882 e. The topological polar surface area (TPSA) is 0 Å². The van der Waals surface area contributed by atoms with Crippen LogP contribution in [0.15, 0.2) is 36.5 Å². The van der Waals surface area contributed by atoms with Crippen LogP contribution in [0.4, 0.5) is 0 Å². The third-order valence-electron chi connectivity index (χ3n) is 2.14. The van der Waals surface area contributed by atoms with Gasteiger partial charge in [0.2, 0.25) is 0 Å². The zero-order valence-corrected chi connectivity index (χ0v) is 10.1. The third-order valence-corrected chi connectivity index (χ3v) is 2.14. The van der Waals surface area contributed by atoms with Crippen LogP contribution in [0, 0.1) is 6.92 Å². The van der Waals surface area contributed by atoms with Gasteiger partial charge in [-0.05, 0) is 32.1 Å². The Balaban J connectivity index is 3.27. The molecular formula is C15H25. The van der Waals surface area contributed by atoms with E-state index in [0.29, 0.717) is 0 Å². The Hall–Kier alpha value is -0.780. The highest BCUT2D eigenvalue weighted by atomic mass is 13.8. The Kier molecular flexibility index (Phi) is 12.5. The van der Waals surface area contributed by atoms with Crippen LogP contribution < -0.4 is 0 Å². The SMILES string of the molecule is [CH2]CC/C=C/C/C=C/C/C=C/CCCC. The summed E-state index contributed by atoms with van der Waals surface area (Å²) in [6.07, 6.45) is 21.5. The van der Waals surface area contributed by atoms with Crippen molar-refractivity contribution in [3.63, 3.8) is 0 Å². The van der Waals surface area contributed by atoms with Crippen molar-refractivity contribution in [3.8, 4) is 0 Å². The molecule has 0 saturated heterocycles. The molecule has 0 rings (SSSR count). The van der Waals surface area contributed by atoms with Crippen molar-refractivity contribution in [1.82, 2.24) is 0 Å². The van der Waals surface area contributed by atoms with E-state index in [0.717, 1.165) is 25.7 Å². The number of rotatable bonds is 9. The highest BCUT2D eigenvalue weighted by Gasteiger charge is 1.77. The molecule has 0 fully saturated rings. The summed E-state index contributed by atoms with van der Waals surface area (Å²) in [7, 11) is 0. The predicted octanol–water partition coefficient (Wildman–Crippen LogP) is 5.24. The molecule has 0 bridgehead atoms. The predicted molar refractivity (Wildman–Crippen MR) is 70.8 cm³/mol. The first-order valence-corrected chi connectivity index (χ1v) is 6.16. The fourth-order valence-corrected chi connectivity index (χ4v) is 1.22. The van der Waals surface area contributed by atoms with E-state index >= 15 is 0 Å². The molecule has 15 heavy (non-hydrogen) atoms. The summed E-state index contributed by atoms with van der Waals surface area (Å²) in [4.78, 5) is 0. The highest BCUT2D eigenvalue weighted by molar-refractivity contribution is 4.97. The van der Waals surface area contributed by atoms with Gasteiger partial charge in [-0.15, -0.1) is 0 Å². The fraction of sp³-hybridized carbons (Fsp3) is 0.533. The van der Waals surface area contributed by atoms with Gasteiger partial charge >= 0.3 is 0 Å². The normalized spacial score (nSPS) is 12.4. The maximum atomic E-state index is 3.79. The van der Waals surface area contributed by atoms with E-state index in [2.05, 4.69) is 50.3 Å². The Morgan fingerprint density at radius 3 is 1.87 bits per heavy atom. The second-order valence-electron chi connectivity index (χ2n) is 3.67. The molecule has 0 saturated carbocycles. The summed E-state index contributed by atoms with van der Waals surface area (Å²) in [6.45, 7) is 6.02. The standard InChI is InChI=1S/C15H25/c1-3-5-7-9-11-13-15-14-12-10-8-6-4-2/h7,9-10,12-13,15H,1,3-6,8,11,14H2,2H3/b9-7+,12-10+,15-13+. The van der Waals surface area contributed by atoms with Gasteiger partial charge in [0.15, 0.2) is 0 Å². The van der Waals surface area contributed by atoms with Crippen molar-refractivity contribution >= 4 is 0 Å². The molecule has 0 N–H and O–H groups in total. The van der Waals surface area contributed by atoms with Crippen LogP contribution in [0.25, 0.3) is 0 Å². The molecule has 0 amide bonds. The second-order valence-corrected chi connectivity index (χ2v) is 3.67. The van der Waals surface area contributed by atoms with Crippen molar-refractivity contribution < 1.29 is 0 Å². The molecule has 0 aromatic carbocycles. The van der Waals surface area contributed by atoms with Gasteiger partial charge in [-0.1, -0.05) is 63.1 Å². The van der Waals surface area contributed by atoms with Gasteiger partial charge in [0, 0.05) is 0 Å². The van der Waals surface area contributed by atoms with Crippen LogP contribution in [0.5, 0.6) is 0 Å². The molecule has 0 aromatic rings. The van der Waals surface area contributed by atoms with E-state index in [-0.39, 0.29) is 0 Å². The molecule has 0 nitrogen and oxygen atoms in total. The highest BCUT2D eigenvalue weighted by Crippen LogP contribution is 1.97. The Labute approximate surface area is 95.8 Å². The lowest BCUT2D eigenvalue weighted by molar-refractivity contribution is 0.813. The number of allylic oxidation sites excluding steroid dienone is 6. The first-order valence-electron chi connectivity index (χ1n) is 6.16. The van der Waals surface area contributed by atoms with Crippen molar-refractivity contribution in [2.75, 3.05) is 0 Å². The van der Waals surface area contributed by atoms with Crippen LogP contribution in [-0.2, 0) is 0 Å². The zero-order chi connectivity index (χ0) is 11.2. The Bertz CT molecular complexity index is 184. The maximum absolute atomic E-state index is 3.79. The minimum Gasteiger partial charge on any atom is -0.0882 e. The molecule has 0 aromatic heterocycles. The van der Waals surface area contributed by atoms with Gasteiger partial charge < -0.3 is 0 Å². The van der Waals surface area contributed by atoms with Crippen molar-refractivity contribution in [1.29, 1.82) is 0 Å². The molecule has 0 aliphatic rings. The summed E-state index contributed by atoms with van der Waals surface area (Å²) >= 11 is 0. The van der Waals surface area contributed by atoms with Crippen molar-refractivity contribution in [2.24, 2.45) is 0 Å². The fourth-order valence-electron chi connectivity index (χ4n) is 1.22. The third kappa shape index (κ3) is 13.2. The van der Waals surface area contributed by atoms with Crippen molar-refractivity contribution in [2.45, 2.75) is 51.9 Å². The molecule has 0 atom stereocenters. The lowest BCUT2D eigenvalue weighted by atomic mass is 10.2. The minimum atomic E-state index is 1.00. The molecule has 0 unspecified atom stereocenters. The van der Waals surface area contributed by atoms with E-state index in [1.165, 1.54) is 19.3 Å². The average Bonchev–Trinajstić information content (AvgIpc) is 2.26. The summed E-state index contributed by atoms with van der Waals surface area (Å²) in [5.41, 5.74) is 0. The molecule has 0 aliphatic carbocycles. The van der Waals surface area contributed by atoms with Gasteiger partial charge in [0.1, 0.15) is 0 Å². The molecule has 0 heterocycles. The van der Waals surface area contributed by atoms with E-state index in [1.54, 1.807) is 0 Å². The molecule has 85 valence electrons. The second kappa shape index (κ2) is 13.2. The number of hydrogen-bond donors (Lipinski definition) is 0. The summed E-state index contributed by atoms with van der Waals surface area (Å²) in [6, 6.07) is 0. The minimum absolute atomic E-state index is 1.00. The van der Waals surface area contributed by atoms with Gasteiger partial charge in [0.05, 0.1) is 0 Å². The number of hydrogen-bond acceptors (Lipinski definition) is 0. The van der Waals surface area contributed by atoms with Gasteiger partial charge in [-0.25, -0.2) is 0 Å². The van der Waals surface area contributed by atoms with Gasteiger partial charge in [-0.3, -0.25) is 0 Å². The summed E-state index contributed by atoms with van der Waals surface area (Å²) in [5, 5.41) is 0.